The summed E-state index contributed by atoms with van der Waals surface area (Å²) >= 11 is 0. The molecule has 2 amide bonds. The number of rotatable bonds is 2. The highest BCUT2D eigenvalue weighted by Crippen LogP contribution is 2.15. The van der Waals surface area contributed by atoms with Gasteiger partial charge in [-0.15, -0.1) is 0 Å². The first kappa shape index (κ1) is 12.4. The topological polar surface area (TPSA) is 53.5 Å². The maximum absolute atomic E-state index is 11.8. The van der Waals surface area contributed by atoms with E-state index in [2.05, 4.69) is 22.5 Å². The highest BCUT2D eigenvalue weighted by molar-refractivity contribution is 6.09. The number of benzene rings is 1. The number of hydrogen-bond donors (Lipinski definition) is 2. The molecule has 0 saturated heterocycles. The van der Waals surface area contributed by atoms with Gasteiger partial charge in [-0.1, -0.05) is 25.1 Å². The SMILES string of the molecule is CCc1ccccc1NC(=O)NC1=NCC(C)=C1. The van der Waals surface area contributed by atoms with Gasteiger partial charge in [-0.2, -0.15) is 0 Å². The van der Waals surface area contributed by atoms with Gasteiger partial charge in [-0.05, 0) is 36.6 Å². The molecule has 1 aromatic rings. The highest BCUT2D eigenvalue weighted by atomic mass is 16.2. The third-order valence-electron chi connectivity index (χ3n) is 2.77. The zero-order chi connectivity index (χ0) is 13.0. The predicted molar refractivity (Wildman–Crippen MR) is 74.0 cm³/mol. The Bertz CT molecular complexity index is 518. The van der Waals surface area contributed by atoms with E-state index < -0.39 is 0 Å². The van der Waals surface area contributed by atoms with Crippen LogP contribution in [0.2, 0.25) is 0 Å². The van der Waals surface area contributed by atoms with Crippen LogP contribution in [0, 0.1) is 0 Å². The van der Waals surface area contributed by atoms with Crippen LogP contribution in [0.5, 0.6) is 0 Å². The molecule has 0 saturated carbocycles. The number of amidine groups is 1. The molecule has 0 atom stereocenters. The molecule has 4 nitrogen and oxygen atoms in total. The van der Waals surface area contributed by atoms with Crippen molar-refractivity contribution >= 4 is 17.6 Å². The van der Waals surface area contributed by atoms with E-state index in [1.165, 1.54) is 0 Å². The van der Waals surface area contributed by atoms with Gasteiger partial charge in [0.25, 0.3) is 0 Å². The summed E-state index contributed by atoms with van der Waals surface area (Å²) in [4.78, 5) is 16.0. The smallest absolute Gasteiger partial charge is 0.307 e. The minimum Gasteiger partial charge on any atom is -0.307 e. The number of para-hydroxylation sites is 1. The lowest BCUT2D eigenvalue weighted by molar-refractivity contribution is 0.256. The van der Waals surface area contributed by atoms with Gasteiger partial charge in [0.2, 0.25) is 0 Å². The molecule has 0 radical (unpaired) electrons. The molecule has 2 N–H and O–H groups in total. The molecule has 1 aliphatic heterocycles. The van der Waals surface area contributed by atoms with Gasteiger partial charge in [-0.25, -0.2) is 4.79 Å². The van der Waals surface area contributed by atoms with Crippen LogP contribution in [0.3, 0.4) is 0 Å². The van der Waals surface area contributed by atoms with Crippen LogP contribution in [0.25, 0.3) is 0 Å². The van der Waals surface area contributed by atoms with Crippen molar-refractivity contribution in [3.8, 4) is 0 Å². The van der Waals surface area contributed by atoms with Crippen LogP contribution in [0.1, 0.15) is 19.4 Å². The van der Waals surface area contributed by atoms with Crippen LogP contribution in [-0.4, -0.2) is 18.4 Å². The monoisotopic (exact) mass is 243 g/mol. The van der Waals surface area contributed by atoms with Crippen LogP contribution in [0.15, 0.2) is 40.9 Å². The van der Waals surface area contributed by atoms with Crippen LogP contribution >= 0.6 is 0 Å². The molecule has 2 rings (SSSR count). The minimum atomic E-state index is -0.249. The summed E-state index contributed by atoms with van der Waals surface area (Å²) in [5.74, 6) is 0.624. The second kappa shape index (κ2) is 5.49. The molecular weight excluding hydrogens is 226 g/mol. The van der Waals surface area contributed by atoms with Crippen molar-refractivity contribution in [3.63, 3.8) is 0 Å². The number of aliphatic imine (C=N–C) groups is 1. The van der Waals surface area contributed by atoms with Crippen LogP contribution < -0.4 is 10.6 Å². The number of urea groups is 1. The number of nitrogens with zero attached hydrogens (tertiary/aromatic N) is 1. The number of anilines is 1. The molecule has 0 bridgehead atoms. The lowest BCUT2D eigenvalue weighted by Gasteiger charge is -2.10. The summed E-state index contributed by atoms with van der Waals surface area (Å²) in [6, 6.07) is 7.53. The molecule has 18 heavy (non-hydrogen) atoms. The first-order valence-electron chi connectivity index (χ1n) is 6.06. The Morgan fingerprint density at radius 3 is 2.78 bits per heavy atom. The molecule has 0 aliphatic carbocycles. The quantitative estimate of drug-likeness (QED) is 0.824. The zero-order valence-corrected chi connectivity index (χ0v) is 10.7. The molecule has 94 valence electrons. The van der Waals surface area contributed by atoms with E-state index in [9.17, 15) is 4.79 Å². The molecule has 1 heterocycles. The number of aryl methyl sites for hydroxylation is 1. The molecular formula is C14H17N3O. The molecule has 0 aromatic heterocycles. The number of nitrogens with one attached hydrogen (secondary N) is 2. The van der Waals surface area contributed by atoms with Gasteiger partial charge in [0.15, 0.2) is 0 Å². The molecule has 0 fully saturated rings. The Kier molecular flexibility index (Phi) is 3.77. The fourth-order valence-electron chi connectivity index (χ4n) is 1.83. The predicted octanol–water partition coefficient (Wildman–Crippen LogP) is 2.73. The summed E-state index contributed by atoms with van der Waals surface area (Å²) in [5, 5.41) is 5.58. The summed E-state index contributed by atoms with van der Waals surface area (Å²) in [6.45, 7) is 4.72. The molecule has 0 unspecified atom stereocenters. The maximum atomic E-state index is 11.8. The Morgan fingerprint density at radius 1 is 1.33 bits per heavy atom. The van der Waals surface area contributed by atoms with Crippen LogP contribution in [-0.2, 0) is 6.42 Å². The second-order valence-corrected chi connectivity index (χ2v) is 4.28. The zero-order valence-electron chi connectivity index (χ0n) is 10.7. The van der Waals surface area contributed by atoms with Crippen molar-refractivity contribution in [2.24, 2.45) is 4.99 Å². The largest absolute Gasteiger partial charge is 0.324 e. The van der Waals surface area contributed by atoms with Gasteiger partial charge in [0.05, 0.1) is 6.54 Å². The van der Waals surface area contributed by atoms with Crippen molar-refractivity contribution < 1.29 is 4.79 Å². The van der Waals surface area contributed by atoms with Gasteiger partial charge in [0.1, 0.15) is 5.84 Å². The van der Waals surface area contributed by atoms with Gasteiger partial charge in [0, 0.05) is 5.69 Å². The van der Waals surface area contributed by atoms with Gasteiger partial charge < -0.3 is 5.32 Å². The minimum absolute atomic E-state index is 0.249. The number of carbonyl (C=O) groups is 1. The van der Waals surface area contributed by atoms with E-state index in [4.69, 9.17) is 0 Å². The Morgan fingerprint density at radius 2 is 2.11 bits per heavy atom. The third-order valence-corrected chi connectivity index (χ3v) is 2.77. The van der Waals surface area contributed by atoms with Crippen LogP contribution in [0.4, 0.5) is 10.5 Å². The van der Waals surface area contributed by atoms with E-state index in [-0.39, 0.29) is 6.03 Å². The van der Waals surface area contributed by atoms with Gasteiger partial charge >= 0.3 is 6.03 Å². The first-order valence-corrected chi connectivity index (χ1v) is 6.06. The molecule has 4 heteroatoms. The third kappa shape index (κ3) is 2.97. The summed E-state index contributed by atoms with van der Waals surface area (Å²) in [5.41, 5.74) is 3.11. The average molecular weight is 243 g/mol. The molecule has 1 aliphatic rings. The Labute approximate surface area is 107 Å². The van der Waals surface area contributed by atoms with E-state index in [0.717, 1.165) is 23.2 Å². The van der Waals surface area contributed by atoms with E-state index in [0.29, 0.717) is 12.4 Å². The standard InChI is InChI=1S/C14H17N3O/c1-3-11-6-4-5-7-12(11)16-14(18)17-13-8-10(2)9-15-13/h4-8H,3,9H2,1-2H3,(H2,15,16,17,18). The summed E-state index contributed by atoms with van der Waals surface area (Å²) in [7, 11) is 0. The number of amides is 2. The lowest BCUT2D eigenvalue weighted by Crippen LogP contribution is -2.33. The van der Waals surface area contributed by atoms with E-state index >= 15 is 0 Å². The summed E-state index contributed by atoms with van der Waals surface area (Å²) < 4.78 is 0. The van der Waals surface area contributed by atoms with Crippen molar-refractivity contribution in [1.82, 2.24) is 5.32 Å². The maximum Gasteiger partial charge on any atom is 0.324 e. The Balaban J connectivity index is 1.99. The van der Waals surface area contributed by atoms with Crippen molar-refractivity contribution in [2.75, 3.05) is 11.9 Å². The van der Waals surface area contributed by atoms with Gasteiger partial charge in [-0.3, -0.25) is 10.3 Å². The van der Waals surface area contributed by atoms with E-state index in [1.54, 1.807) is 0 Å². The van der Waals surface area contributed by atoms with E-state index in [1.807, 2.05) is 37.3 Å². The van der Waals surface area contributed by atoms with Crippen molar-refractivity contribution in [3.05, 3.63) is 41.5 Å². The number of carbonyl (C=O) groups excluding carboxylic acids is 1. The van der Waals surface area contributed by atoms with Crippen molar-refractivity contribution in [1.29, 1.82) is 0 Å². The molecule has 1 aromatic carbocycles. The fourth-order valence-corrected chi connectivity index (χ4v) is 1.83. The average Bonchev–Trinajstić information content (AvgIpc) is 2.75. The Hall–Kier alpha value is -2.10. The summed E-state index contributed by atoms with van der Waals surface area (Å²) in [6.07, 6.45) is 2.77. The normalized spacial score (nSPS) is 13.9. The first-order chi connectivity index (χ1) is 8.69. The molecule has 0 spiro atoms. The number of hydrogen-bond acceptors (Lipinski definition) is 2. The fraction of sp³-hybridized carbons (Fsp3) is 0.286. The van der Waals surface area contributed by atoms with Crippen molar-refractivity contribution in [2.45, 2.75) is 20.3 Å². The highest BCUT2D eigenvalue weighted by Gasteiger charge is 2.09. The lowest BCUT2D eigenvalue weighted by atomic mass is 10.1. The second-order valence-electron chi connectivity index (χ2n) is 4.28.